The third kappa shape index (κ3) is 14.3. The number of hydrogen-bond donors (Lipinski definition) is 0. The van der Waals surface area contributed by atoms with Crippen molar-refractivity contribution >= 4 is 127 Å². The van der Waals surface area contributed by atoms with E-state index in [1.54, 1.807) is 30.5 Å². The second kappa shape index (κ2) is 35.6. The average molecular weight is 1810 g/mol. The summed E-state index contributed by atoms with van der Waals surface area (Å²) in [6.07, 6.45) is 1.63. The first-order chi connectivity index (χ1) is 69.6. The molecule has 142 heavy (non-hydrogen) atoms. The fourth-order valence-electron chi connectivity index (χ4n) is 20.2. The molecular weight excluding hydrogens is 1740 g/mol. The van der Waals surface area contributed by atoms with Crippen molar-refractivity contribution in [2.45, 2.75) is 5.41 Å². The number of hydrogen-bond acceptors (Lipinski definition) is 14. The zero-order valence-corrected chi connectivity index (χ0v) is 75.5. The Labute approximate surface area is 823 Å². The number of rotatable bonds is 8. The van der Waals surface area contributed by atoms with Crippen molar-refractivity contribution in [2.24, 2.45) is 0 Å². The van der Waals surface area contributed by atoms with E-state index in [-0.39, 0.29) is 97.7 Å². The molecule has 8 heterocycles. The van der Waals surface area contributed by atoms with Crippen LogP contribution in [-0.4, -0.2) is 63.5 Å². The van der Waals surface area contributed by atoms with E-state index in [0.717, 1.165) is 27.8 Å². The van der Waals surface area contributed by atoms with E-state index in [1.807, 2.05) is 78.9 Å². The Morgan fingerprint density at radius 1 is 0.254 bits per heavy atom. The van der Waals surface area contributed by atoms with Crippen LogP contribution in [-0.2, 0) is 5.41 Å². The Balaban J connectivity index is 0.000000116. The zero-order valence-electron chi connectivity index (χ0n) is 75.5. The third-order valence-corrected chi connectivity index (χ3v) is 26.3. The van der Waals surface area contributed by atoms with Gasteiger partial charge in [0, 0.05) is 72.3 Å². The minimum atomic E-state index is -0.360. The molecule has 0 unspecified atom stereocenters. The van der Waals surface area contributed by atoms with Gasteiger partial charge in [0.2, 0.25) is 11.0 Å². The van der Waals surface area contributed by atoms with Crippen LogP contribution in [0.25, 0.3) is 220 Å². The van der Waals surface area contributed by atoms with Gasteiger partial charge in [0.25, 0.3) is 17.2 Å². The quantitative estimate of drug-likeness (QED) is 0.0779. The minimum absolute atomic E-state index is 0. The fraction of sp³-hybridized carbons (Fsp3) is 0.00826. The molecule has 0 N–H and O–H groups in total. The molecule has 8 aromatic heterocycles. The summed E-state index contributed by atoms with van der Waals surface area (Å²) in [7, 11) is 0. The van der Waals surface area contributed by atoms with Crippen molar-refractivity contribution < 1.29 is 24.0 Å². The van der Waals surface area contributed by atoms with Crippen molar-refractivity contribution in [2.75, 3.05) is 0 Å². The predicted molar refractivity (Wildman–Crippen MR) is 553 cm³/mol. The molecule has 20 nitrogen and oxygen atoms in total. The van der Waals surface area contributed by atoms with Crippen molar-refractivity contribution in [3.05, 3.63) is 474 Å². The second-order valence-corrected chi connectivity index (χ2v) is 33.9. The summed E-state index contributed by atoms with van der Waals surface area (Å²) >= 11 is 0. The first-order valence-corrected chi connectivity index (χ1v) is 45.3. The molecule has 1 spiro atoms. The van der Waals surface area contributed by atoms with E-state index in [0.29, 0.717) is 23.0 Å². The Morgan fingerprint density at radius 3 is 0.972 bits per heavy atom. The SMILES string of the molecule is [C-]#[N+]c1nc2c(nc1C#N)c1nc(C#N)c(C#N)nc1c1nc([N+]#[C-])c([N+]#[C-])nc21.[Li+].[O-]c1cccc2cccnc12.c1ccc(-c2nc(-c3ccccc3)nc(-c3ccc4c(c3)-c3ccccc3C43c4ccccc4-c4ccccc43)n2)cc1.c1ccc(-n2c3ccccc3c3cc(-c4ccc5c(c4)c4cc(-c6ccc7c(c6)c6ccccc6n7-c6ccccc6)ccc4n5-c4ccccc4)ccc32)cc1. The van der Waals surface area contributed by atoms with E-state index in [1.165, 1.54) is 150 Å². The standard InChI is InChI=1S/C54H35N3.C40H25N3.C18N12.C9H7NO.Li/c1-4-14-40(15-5-1)55-49-22-12-10-20-43(49)45-32-36(24-28-51(45)55)38-26-30-53-47(34-38)48-35-39(27-31-54(48)57(53)42-18-8-3-9-19-42)37-25-29-52-46(33-37)44-21-11-13-23-50(44)56(52)41-16-6-2-7-17-41;1-3-13-26(14-4-1)37-41-38(27-15-5-2-6-16-27)43-39(42-37)28-23-24-36-32(25-28)31-19-9-12-22-35(31)40(36)33-20-10-7-17-29(33)30-18-8-11-21-34(30)40;1-22-16-9(6-21)27-12-10-11(26-8(5-20)7(4-19)25-10)14-15(13(12)28-16)30-18(24-3)17(23-2)29-14;11-8-5-1-3-7-4-2-6-10-9(7)8;/h1-35H;1-25H;;1-6,11H;/q;;;;+1/p-1. The van der Waals surface area contributed by atoms with Crippen molar-refractivity contribution in [3.63, 3.8) is 0 Å². The zero-order chi connectivity index (χ0) is 94.9. The van der Waals surface area contributed by atoms with Gasteiger partial charge in [-0.1, -0.05) is 311 Å². The number of fused-ring (bicyclic) bond motifs is 26. The maximum Gasteiger partial charge on any atom is 1.00 e. The Kier molecular flexibility index (Phi) is 21.6. The van der Waals surface area contributed by atoms with Gasteiger partial charge >= 0.3 is 24.7 Å². The number of benzene rings is 17. The summed E-state index contributed by atoms with van der Waals surface area (Å²) < 4.78 is 7.17. The molecule has 17 aromatic carbocycles. The molecule has 0 bridgehead atoms. The van der Waals surface area contributed by atoms with Crippen LogP contribution < -0.4 is 24.0 Å². The smallest absolute Gasteiger partial charge is 0.871 e. The van der Waals surface area contributed by atoms with Crippen molar-refractivity contribution in [3.8, 4) is 120 Å². The molecule has 0 aliphatic heterocycles. The van der Waals surface area contributed by atoms with Crippen LogP contribution in [0.3, 0.4) is 0 Å². The molecule has 21 heteroatoms. The van der Waals surface area contributed by atoms with Gasteiger partial charge in [0.1, 0.15) is 34.8 Å². The van der Waals surface area contributed by atoms with Crippen LogP contribution in [0.5, 0.6) is 5.75 Å². The fourth-order valence-corrected chi connectivity index (χ4v) is 20.2. The average Bonchev–Trinajstić information content (AvgIpc) is 1.50. The normalized spacial score (nSPS) is 11.6. The molecule has 0 fully saturated rings. The molecule has 652 valence electrons. The Bertz CT molecular complexity index is 9130. The summed E-state index contributed by atoms with van der Waals surface area (Å²) in [5.41, 5.74) is 28.2. The molecule has 2 aliphatic rings. The van der Waals surface area contributed by atoms with E-state index in [9.17, 15) is 20.9 Å². The van der Waals surface area contributed by atoms with Gasteiger partial charge in [0.05, 0.1) is 44.0 Å². The minimum Gasteiger partial charge on any atom is -0.871 e. The monoisotopic (exact) mass is 1810 g/mol. The molecule has 25 aromatic rings. The predicted octanol–water partition coefficient (Wildman–Crippen LogP) is 24.6. The summed E-state index contributed by atoms with van der Waals surface area (Å²) in [5.74, 6) is 1.10. The van der Waals surface area contributed by atoms with Crippen LogP contribution in [0.2, 0.25) is 0 Å². The van der Waals surface area contributed by atoms with Gasteiger partial charge in [-0.05, 0) is 181 Å². The Morgan fingerprint density at radius 2 is 0.570 bits per heavy atom. The first-order valence-electron chi connectivity index (χ1n) is 45.3. The van der Waals surface area contributed by atoms with Gasteiger partial charge in [-0.3, -0.25) is 4.98 Å². The van der Waals surface area contributed by atoms with Crippen LogP contribution in [0.15, 0.2) is 401 Å². The van der Waals surface area contributed by atoms with Gasteiger partial charge in [0.15, 0.2) is 34.6 Å². The van der Waals surface area contributed by atoms with Crippen LogP contribution in [0.1, 0.15) is 39.3 Å². The van der Waals surface area contributed by atoms with Crippen molar-refractivity contribution in [1.82, 2.24) is 63.5 Å². The van der Waals surface area contributed by atoms with Crippen LogP contribution in [0.4, 0.5) is 17.5 Å². The van der Waals surface area contributed by atoms with E-state index in [4.69, 9.17) is 34.7 Å². The van der Waals surface area contributed by atoms with E-state index < -0.39 is 0 Å². The summed E-state index contributed by atoms with van der Waals surface area (Å²) in [6.45, 7) is 21.7. The van der Waals surface area contributed by atoms with Crippen LogP contribution >= 0.6 is 0 Å². The first kappa shape index (κ1) is 86.1. The van der Waals surface area contributed by atoms with Crippen molar-refractivity contribution in [1.29, 1.82) is 15.8 Å². The number of nitrogens with zero attached hydrogens (tertiary/aromatic N) is 19. The van der Waals surface area contributed by atoms with Gasteiger partial charge < -0.3 is 33.3 Å². The summed E-state index contributed by atoms with van der Waals surface area (Å²) in [4.78, 5) is 53.3. The molecule has 0 atom stereocenters. The molecule has 2 aliphatic carbocycles. The van der Waals surface area contributed by atoms with E-state index in [2.05, 4.69) is 366 Å². The molecule has 27 rings (SSSR count). The third-order valence-electron chi connectivity index (χ3n) is 26.3. The van der Waals surface area contributed by atoms with Crippen LogP contribution in [0, 0.1) is 53.7 Å². The van der Waals surface area contributed by atoms with Gasteiger partial charge in [-0.15, -0.1) is 15.0 Å². The number of nitriles is 3. The van der Waals surface area contributed by atoms with Gasteiger partial charge in [-0.2, -0.15) is 15.8 Å². The molecule has 0 radical (unpaired) electrons. The molecule has 0 saturated heterocycles. The second-order valence-electron chi connectivity index (χ2n) is 33.9. The molecule has 0 saturated carbocycles. The number of pyridine rings is 1. The Hall–Kier alpha value is -20.1. The maximum atomic E-state index is 11.1. The molecule has 0 amide bonds. The topological polar surface area (TPSA) is 251 Å². The summed E-state index contributed by atoms with van der Waals surface area (Å²) in [5, 5.41) is 47.4. The van der Waals surface area contributed by atoms with E-state index >= 15 is 0 Å². The largest absolute Gasteiger partial charge is 1.00 e. The summed E-state index contributed by atoms with van der Waals surface area (Å²) in [6, 6.07) is 145. The van der Waals surface area contributed by atoms with Gasteiger partial charge in [-0.25, -0.2) is 29.9 Å². The number of aromatic nitrogens is 13. The number of para-hydroxylation sites is 6. The molecular formula is C121H66LiN19O. The maximum absolute atomic E-state index is 11.1.